The molecule has 0 atom stereocenters. The number of fused-ring (bicyclic) bond motifs is 1. The molecule has 3 aliphatic rings. The third-order valence-corrected chi connectivity index (χ3v) is 7.87. The summed E-state index contributed by atoms with van der Waals surface area (Å²) in [6.07, 6.45) is 10.9. The van der Waals surface area contributed by atoms with Crippen LogP contribution in [0.1, 0.15) is 49.5 Å². The largest absolute Gasteiger partial charge is 0.379 e. The minimum absolute atomic E-state index is 0.419. The molecule has 0 radical (unpaired) electrons. The number of anilines is 3. The molecular formula is C22H30N8OS. The molecule has 4 heterocycles. The molecule has 10 heteroatoms. The zero-order chi connectivity index (χ0) is 21.5. The normalized spacial score (nSPS) is 24.7. The zero-order valence-corrected chi connectivity index (χ0v) is 19.3. The maximum Gasteiger partial charge on any atom is 0.230 e. The number of morpholine rings is 1. The van der Waals surface area contributed by atoms with Gasteiger partial charge in [-0.2, -0.15) is 15.1 Å². The van der Waals surface area contributed by atoms with E-state index < -0.39 is 0 Å². The summed E-state index contributed by atoms with van der Waals surface area (Å²) in [5.74, 6) is 2.07. The number of aryl methyl sites for hydroxylation is 1. The van der Waals surface area contributed by atoms with Gasteiger partial charge in [0.15, 0.2) is 10.6 Å². The average Bonchev–Trinajstić information content (AvgIpc) is 3.45. The van der Waals surface area contributed by atoms with Crippen LogP contribution >= 0.6 is 11.3 Å². The number of nitrogens with zero attached hydrogens (tertiary/aromatic N) is 6. The Morgan fingerprint density at radius 3 is 2.56 bits per heavy atom. The first kappa shape index (κ1) is 20.3. The Morgan fingerprint density at radius 2 is 1.84 bits per heavy atom. The van der Waals surface area contributed by atoms with Gasteiger partial charge in [0.1, 0.15) is 5.52 Å². The van der Waals surface area contributed by atoms with Crippen LogP contribution in [-0.4, -0.2) is 68.0 Å². The molecule has 6 rings (SSSR count). The molecule has 3 fully saturated rings. The maximum absolute atomic E-state index is 5.52. The lowest BCUT2D eigenvalue weighted by Gasteiger charge is -2.39. The van der Waals surface area contributed by atoms with Crippen molar-refractivity contribution in [2.45, 2.75) is 56.5 Å². The molecule has 0 bridgehead atoms. The number of rotatable bonds is 6. The van der Waals surface area contributed by atoms with Crippen molar-refractivity contribution in [2.75, 3.05) is 36.9 Å². The summed E-state index contributed by atoms with van der Waals surface area (Å²) in [5.41, 5.74) is 1.81. The van der Waals surface area contributed by atoms with Crippen molar-refractivity contribution in [2.24, 2.45) is 7.05 Å². The monoisotopic (exact) mass is 454 g/mol. The molecule has 2 N–H and O–H groups in total. The summed E-state index contributed by atoms with van der Waals surface area (Å²) in [6, 6.07) is 1.11. The van der Waals surface area contributed by atoms with E-state index in [0.29, 0.717) is 23.9 Å². The van der Waals surface area contributed by atoms with Gasteiger partial charge < -0.3 is 15.4 Å². The Hall–Kier alpha value is -2.30. The average molecular weight is 455 g/mol. The molecular weight excluding hydrogens is 424 g/mol. The van der Waals surface area contributed by atoms with Gasteiger partial charge in [-0.1, -0.05) is 11.3 Å². The lowest BCUT2D eigenvalue weighted by Crippen LogP contribution is -2.46. The van der Waals surface area contributed by atoms with Gasteiger partial charge in [-0.15, -0.1) is 0 Å². The first-order valence-corrected chi connectivity index (χ1v) is 12.6. The molecule has 0 amide bonds. The van der Waals surface area contributed by atoms with Gasteiger partial charge >= 0.3 is 0 Å². The highest BCUT2D eigenvalue weighted by Crippen LogP contribution is 2.44. The topological polar surface area (TPSA) is 93.0 Å². The van der Waals surface area contributed by atoms with Crippen molar-refractivity contribution < 1.29 is 4.74 Å². The second-order valence-corrected chi connectivity index (χ2v) is 10.2. The predicted octanol–water partition coefficient (Wildman–Crippen LogP) is 3.50. The lowest BCUT2D eigenvalue weighted by atomic mass is 9.90. The van der Waals surface area contributed by atoms with Gasteiger partial charge in [0.05, 0.1) is 30.1 Å². The molecule has 1 aliphatic heterocycles. The van der Waals surface area contributed by atoms with E-state index >= 15 is 0 Å². The van der Waals surface area contributed by atoms with E-state index in [-0.39, 0.29) is 0 Å². The molecule has 0 aromatic carbocycles. The van der Waals surface area contributed by atoms with E-state index in [1.54, 1.807) is 22.2 Å². The fraction of sp³-hybridized carbons (Fsp3) is 0.636. The van der Waals surface area contributed by atoms with E-state index in [2.05, 4.69) is 20.6 Å². The highest BCUT2D eigenvalue weighted by Gasteiger charge is 2.30. The fourth-order valence-electron chi connectivity index (χ4n) is 4.84. The Kier molecular flexibility index (Phi) is 5.44. The third-order valence-electron chi connectivity index (χ3n) is 6.76. The van der Waals surface area contributed by atoms with Crippen molar-refractivity contribution in [1.82, 2.24) is 29.6 Å². The molecule has 170 valence electrons. The highest BCUT2D eigenvalue weighted by atomic mass is 32.1. The minimum atomic E-state index is 0.419. The zero-order valence-electron chi connectivity index (χ0n) is 18.5. The molecule has 3 aromatic heterocycles. The number of nitrogens with one attached hydrogen (secondary N) is 2. The summed E-state index contributed by atoms with van der Waals surface area (Å²) < 4.78 is 7.29. The van der Waals surface area contributed by atoms with Crippen molar-refractivity contribution >= 4 is 39.1 Å². The van der Waals surface area contributed by atoms with Gasteiger partial charge in [-0.25, -0.2) is 4.98 Å². The maximum atomic E-state index is 5.52. The first-order valence-electron chi connectivity index (χ1n) is 11.7. The van der Waals surface area contributed by atoms with Crippen molar-refractivity contribution in [3.8, 4) is 0 Å². The first-order chi connectivity index (χ1) is 15.7. The molecule has 0 unspecified atom stereocenters. The van der Waals surface area contributed by atoms with Crippen LogP contribution < -0.4 is 10.6 Å². The van der Waals surface area contributed by atoms with Crippen molar-refractivity contribution in [3.63, 3.8) is 0 Å². The summed E-state index contributed by atoms with van der Waals surface area (Å²) in [4.78, 5) is 18.1. The van der Waals surface area contributed by atoms with Crippen LogP contribution in [0, 0.1) is 0 Å². The van der Waals surface area contributed by atoms with Crippen LogP contribution in [0.15, 0.2) is 12.4 Å². The van der Waals surface area contributed by atoms with Gasteiger partial charge in [0.25, 0.3) is 0 Å². The van der Waals surface area contributed by atoms with Gasteiger partial charge in [-0.05, 0) is 38.5 Å². The number of ether oxygens (including phenoxy) is 1. The van der Waals surface area contributed by atoms with Gasteiger partial charge in [0, 0.05) is 44.3 Å². The second kappa shape index (κ2) is 8.57. The van der Waals surface area contributed by atoms with Crippen LogP contribution in [0.4, 0.5) is 17.5 Å². The van der Waals surface area contributed by atoms with E-state index in [0.717, 1.165) is 61.0 Å². The van der Waals surface area contributed by atoms with Crippen LogP contribution in [0.2, 0.25) is 0 Å². The molecule has 2 aliphatic carbocycles. The Labute approximate surface area is 191 Å². The summed E-state index contributed by atoms with van der Waals surface area (Å²) >= 11 is 1.71. The molecule has 0 spiro atoms. The minimum Gasteiger partial charge on any atom is -0.379 e. The van der Waals surface area contributed by atoms with Crippen molar-refractivity contribution in [1.29, 1.82) is 0 Å². The van der Waals surface area contributed by atoms with E-state index in [9.17, 15) is 0 Å². The molecule has 2 saturated carbocycles. The smallest absolute Gasteiger partial charge is 0.230 e. The highest BCUT2D eigenvalue weighted by molar-refractivity contribution is 7.18. The number of thiazole rings is 1. The van der Waals surface area contributed by atoms with Gasteiger partial charge in [0.2, 0.25) is 5.95 Å². The van der Waals surface area contributed by atoms with Crippen LogP contribution in [0.3, 0.4) is 0 Å². The SMILES string of the molecule is Cn1cc(Nc2nc(N[C@H]3CC[C@H](N4CCOCC4)CC3)c3nc(C4CC4)sc3n2)cn1. The Bertz CT molecular complexity index is 1080. The number of aromatic nitrogens is 5. The summed E-state index contributed by atoms with van der Waals surface area (Å²) in [7, 11) is 1.90. The van der Waals surface area contributed by atoms with Gasteiger partial charge in [-0.3, -0.25) is 9.58 Å². The number of hydrogen-bond donors (Lipinski definition) is 2. The van der Waals surface area contributed by atoms with Crippen LogP contribution in [-0.2, 0) is 11.8 Å². The third kappa shape index (κ3) is 4.31. The summed E-state index contributed by atoms with van der Waals surface area (Å²) in [6.45, 7) is 3.89. The van der Waals surface area contributed by atoms with Crippen LogP contribution in [0.25, 0.3) is 10.3 Å². The Balaban J connectivity index is 1.21. The molecule has 9 nitrogen and oxygen atoms in total. The van der Waals surface area contributed by atoms with Crippen LogP contribution in [0.5, 0.6) is 0 Å². The second-order valence-electron chi connectivity index (χ2n) is 9.20. The fourth-order valence-corrected chi connectivity index (χ4v) is 5.94. The Morgan fingerprint density at radius 1 is 1.03 bits per heavy atom. The van der Waals surface area contributed by atoms with E-state index in [1.165, 1.54) is 30.7 Å². The lowest BCUT2D eigenvalue weighted by molar-refractivity contribution is 0.00791. The quantitative estimate of drug-likeness (QED) is 0.585. The number of hydrogen-bond acceptors (Lipinski definition) is 9. The molecule has 32 heavy (non-hydrogen) atoms. The van der Waals surface area contributed by atoms with E-state index in [4.69, 9.17) is 19.7 Å². The van der Waals surface area contributed by atoms with E-state index in [1.807, 2.05) is 13.2 Å². The summed E-state index contributed by atoms with van der Waals surface area (Å²) in [5, 5.41) is 12.5. The van der Waals surface area contributed by atoms with Crippen molar-refractivity contribution in [3.05, 3.63) is 17.4 Å². The molecule has 3 aromatic rings. The molecule has 1 saturated heterocycles. The predicted molar refractivity (Wildman–Crippen MR) is 126 cm³/mol. The standard InChI is InChI=1S/C22H30N8OS/c1-29-13-16(12-23-29)25-22-27-19(18-21(28-22)32-20(26-18)14-2-3-14)24-15-4-6-17(7-5-15)30-8-10-31-11-9-30/h12-15,17H,2-11H2,1H3,(H2,24,25,27,28)/t15-,17-.